The van der Waals surface area contributed by atoms with E-state index < -0.39 is 5.97 Å². The summed E-state index contributed by atoms with van der Waals surface area (Å²) in [5.41, 5.74) is 0.574. The quantitative estimate of drug-likeness (QED) is 0.462. The number of carboxylic acids is 1. The minimum atomic E-state index is -0.981. The third-order valence-electron chi connectivity index (χ3n) is 0.376. The largest absolute Gasteiger partial charge is 0.478 e. The van der Waals surface area contributed by atoms with E-state index in [9.17, 15) is 9.59 Å². The van der Waals surface area contributed by atoms with Crippen LogP contribution in [0.4, 0.5) is 0 Å². The van der Waals surface area contributed by atoms with E-state index in [1.165, 1.54) is 0 Å². The molecule has 0 bridgehead atoms. The number of carbonyl (C=O) groups is 2. The second-order valence-corrected chi connectivity index (χ2v) is 1.51. The number of carbonyl (C=O) groups excluding carboxylic acids is 1. The lowest BCUT2D eigenvalue weighted by Gasteiger charge is -1.65. The molecule has 1 N–H and O–H groups in total. The molecular formula is C7H10O3. The second-order valence-electron chi connectivity index (χ2n) is 1.51. The zero-order valence-corrected chi connectivity index (χ0v) is 5.83. The first-order chi connectivity index (χ1) is 4.54. The molecule has 0 aromatic rings. The topological polar surface area (TPSA) is 54.4 Å². The summed E-state index contributed by atoms with van der Waals surface area (Å²) in [4.78, 5) is 18.7. The molecule has 0 aliphatic carbocycles. The fourth-order valence-corrected chi connectivity index (χ4v) is 0. The average Bonchev–Trinajstić information content (AvgIpc) is 1.89. The highest BCUT2D eigenvalue weighted by molar-refractivity contribution is 5.78. The predicted octanol–water partition coefficient (Wildman–Crippen LogP) is 1.02. The van der Waals surface area contributed by atoms with E-state index in [1.54, 1.807) is 6.92 Å². The van der Waals surface area contributed by atoms with Crippen molar-refractivity contribution in [2.75, 3.05) is 0 Å². The summed E-state index contributed by atoms with van der Waals surface area (Å²) in [6, 6.07) is 0. The van der Waals surface area contributed by atoms with Crippen molar-refractivity contribution >= 4 is 12.3 Å². The van der Waals surface area contributed by atoms with E-state index in [4.69, 9.17) is 5.11 Å². The van der Waals surface area contributed by atoms with Crippen molar-refractivity contribution in [3.8, 4) is 0 Å². The lowest BCUT2D eigenvalue weighted by atomic mass is 10.4. The Morgan fingerprint density at radius 3 is 1.80 bits per heavy atom. The highest BCUT2D eigenvalue weighted by atomic mass is 16.4. The van der Waals surface area contributed by atoms with Gasteiger partial charge < -0.3 is 5.11 Å². The van der Waals surface area contributed by atoms with Gasteiger partial charge in [0.15, 0.2) is 0 Å². The predicted molar refractivity (Wildman–Crippen MR) is 38.7 cm³/mol. The Hall–Kier alpha value is -1.38. The average molecular weight is 142 g/mol. The molecular weight excluding hydrogens is 132 g/mol. The number of rotatable bonds is 2. The Bertz CT molecular complexity index is 129. The third-order valence-corrected chi connectivity index (χ3v) is 0.376. The zero-order valence-electron chi connectivity index (χ0n) is 5.83. The van der Waals surface area contributed by atoms with E-state index in [0.717, 1.165) is 12.4 Å². The maximum atomic E-state index is 9.41. The van der Waals surface area contributed by atoms with E-state index in [2.05, 4.69) is 13.2 Å². The standard InChI is InChI=1S/C4H6O.C3H4O2/c1-4(2)3-5;1-2-3(4)5/h3H,1H2,2H3;2H,1H2,(H,4,5). The van der Waals surface area contributed by atoms with Gasteiger partial charge in [0.25, 0.3) is 0 Å². The van der Waals surface area contributed by atoms with Gasteiger partial charge in [-0.1, -0.05) is 13.2 Å². The van der Waals surface area contributed by atoms with Crippen LogP contribution in [0.3, 0.4) is 0 Å². The van der Waals surface area contributed by atoms with Crippen LogP contribution in [0.15, 0.2) is 24.8 Å². The molecule has 0 heterocycles. The van der Waals surface area contributed by atoms with Crippen molar-refractivity contribution in [3.63, 3.8) is 0 Å². The fourth-order valence-electron chi connectivity index (χ4n) is 0. The normalized spacial score (nSPS) is 6.50. The van der Waals surface area contributed by atoms with Crippen molar-refractivity contribution in [2.24, 2.45) is 0 Å². The molecule has 0 radical (unpaired) electrons. The first-order valence-corrected chi connectivity index (χ1v) is 2.50. The molecule has 0 unspecified atom stereocenters. The number of allylic oxidation sites excluding steroid dienone is 1. The highest BCUT2D eigenvalue weighted by Crippen LogP contribution is 1.70. The second kappa shape index (κ2) is 7.62. The molecule has 0 saturated heterocycles. The first kappa shape index (κ1) is 11.4. The fraction of sp³-hybridized carbons (Fsp3) is 0.143. The van der Waals surface area contributed by atoms with Crippen LogP contribution in [0.25, 0.3) is 0 Å². The van der Waals surface area contributed by atoms with Crippen LogP contribution in [0.1, 0.15) is 6.92 Å². The lowest BCUT2D eigenvalue weighted by Crippen LogP contribution is -1.82. The van der Waals surface area contributed by atoms with Gasteiger partial charge in [-0.3, -0.25) is 4.79 Å². The van der Waals surface area contributed by atoms with Crippen LogP contribution in [0.2, 0.25) is 0 Å². The molecule has 3 nitrogen and oxygen atoms in total. The maximum Gasteiger partial charge on any atom is 0.327 e. The first-order valence-electron chi connectivity index (χ1n) is 2.50. The molecule has 0 fully saturated rings. The van der Waals surface area contributed by atoms with Crippen molar-refractivity contribution in [3.05, 3.63) is 24.8 Å². The summed E-state index contributed by atoms with van der Waals surface area (Å²) in [5, 5.41) is 7.60. The summed E-state index contributed by atoms with van der Waals surface area (Å²) >= 11 is 0. The number of hydrogen-bond donors (Lipinski definition) is 1. The van der Waals surface area contributed by atoms with Gasteiger partial charge in [0.2, 0.25) is 0 Å². The zero-order chi connectivity index (χ0) is 8.57. The van der Waals surface area contributed by atoms with Crippen molar-refractivity contribution in [2.45, 2.75) is 6.92 Å². The monoisotopic (exact) mass is 142 g/mol. The molecule has 56 valence electrons. The summed E-state index contributed by atoms with van der Waals surface area (Å²) in [7, 11) is 0. The van der Waals surface area contributed by atoms with E-state index in [-0.39, 0.29) is 0 Å². The van der Waals surface area contributed by atoms with Crippen molar-refractivity contribution < 1.29 is 14.7 Å². The molecule has 0 atom stereocenters. The van der Waals surface area contributed by atoms with Gasteiger partial charge in [-0.2, -0.15) is 0 Å². The summed E-state index contributed by atoms with van der Waals surface area (Å²) in [6.07, 6.45) is 1.56. The Labute approximate surface area is 59.7 Å². The molecule has 0 amide bonds. The maximum absolute atomic E-state index is 9.41. The van der Waals surface area contributed by atoms with Crippen LogP contribution in [0.5, 0.6) is 0 Å². The Balaban J connectivity index is 0. The van der Waals surface area contributed by atoms with Crippen LogP contribution < -0.4 is 0 Å². The van der Waals surface area contributed by atoms with Crippen molar-refractivity contribution in [1.29, 1.82) is 0 Å². The number of hydrogen-bond acceptors (Lipinski definition) is 2. The highest BCUT2D eigenvalue weighted by Gasteiger charge is 1.73. The number of carboxylic acid groups (broad SMARTS) is 1. The van der Waals surface area contributed by atoms with E-state index in [1.807, 2.05) is 0 Å². The SMILES string of the molecule is C=C(C)C=O.C=CC(=O)O. The van der Waals surface area contributed by atoms with Crippen LogP contribution >= 0.6 is 0 Å². The number of aliphatic carboxylic acids is 1. The Morgan fingerprint density at radius 1 is 1.60 bits per heavy atom. The molecule has 0 saturated carbocycles. The Kier molecular flexibility index (Phi) is 8.70. The minimum absolute atomic E-state index is 0.574. The molecule has 10 heavy (non-hydrogen) atoms. The van der Waals surface area contributed by atoms with Gasteiger partial charge in [-0.15, -0.1) is 0 Å². The summed E-state index contributed by atoms with van der Waals surface area (Å²) < 4.78 is 0. The van der Waals surface area contributed by atoms with Gasteiger partial charge >= 0.3 is 5.97 Å². The van der Waals surface area contributed by atoms with Crippen molar-refractivity contribution in [1.82, 2.24) is 0 Å². The van der Waals surface area contributed by atoms with Crippen LogP contribution in [-0.2, 0) is 9.59 Å². The van der Waals surface area contributed by atoms with Gasteiger partial charge in [-0.25, -0.2) is 4.79 Å². The summed E-state index contributed by atoms with van der Waals surface area (Å²) in [6.45, 7) is 7.93. The molecule has 0 rings (SSSR count). The molecule has 0 aliphatic heterocycles. The van der Waals surface area contributed by atoms with Crippen LogP contribution in [0, 0.1) is 0 Å². The van der Waals surface area contributed by atoms with Gasteiger partial charge in [-0.05, 0) is 12.5 Å². The summed E-state index contributed by atoms with van der Waals surface area (Å²) in [5.74, 6) is -0.981. The minimum Gasteiger partial charge on any atom is -0.478 e. The molecule has 0 aliphatic rings. The van der Waals surface area contributed by atoms with Gasteiger partial charge in [0, 0.05) is 6.08 Å². The van der Waals surface area contributed by atoms with E-state index in [0.29, 0.717) is 5.57 Å². The molecule has 3 heteroatoms. The molecule has 0 aromatic carbocycles. The van der Waals surface area contributed by atoms with E-state index >= 15 is 0 Å². The third kappa shape index (κ3) is 30.5. The lowest BCUT2D eigenvalue weighted by molar-refractivity contribution is -0.131. The molecule has 0 spiro atoms. The van der Waals surface area contributed by atoms with Gasteiger partial charge in [0.05, 0.1) is 0 Å². The smallest absolute Gasteiger partial charge is 0.327 e. The molecule has 0 aromatic heterocycles. The Morgan fingerprint density at radius 2 is 1.80 bits per heavy atom. The van der Waals surface area contributed by atoms with Gasteiger partial charge in [0.1, 0.15) is 6.29 Å². The number of aldehydes is 1. The van der Waals surface area contributed by atoms with Crippen LogP contribution in [-0.4, -0.2) is 17.4 Å².